The maximum atomic E-state index is 13.9. The van der Waals surface area contributed by atoms with E-state index in [1.54, 1.807) is 111 Å². The lowest BCUT2D eigenvalue weighted by molar-refractivity contribution is -0.169. The van der Waals surface area contributed by atoms with Crippen LogP contribution in [0.1, 0.15) is 165 Å². The number of carboxylic acid groups (broad SMARTS) is 1. The third-order valence-corrected chi connectivity index (χ3v) is 12.6. The van der Waals surface area contributed by atoms with Crippen molar-refractivity contribution in [3.05, 3.63) is 0 Å². The molecule has 0 heterocycles. The van der Waals surface area contributed by atoms with E-state index in [4.69, 9.17) is 34.2 Å². The molecule has 5 amide bonds. The quantitative estimate of drug-likeness (QED) is 0.0353. The first-order valence-electron chi connectivity index (χ1n) is 28.4. The highest BCUT2D eigenvalue weighted by Crippen LogP contribution is 2.19. The summed E-state index contributed by atoms with van der Waals surface area (Å²) in [5, 5.41) is 21.9. The fraction of sp³-hybridized carbons (Fsp3) is 0.789. The Kier molecular flexibility index (Phi) is 32.8. The van der Waals surface area contributed by atoms with Crippen LogP contribution in [0.4, 0.5) is 0 Å². The molecule has 25 nitrogen and oxygen atoms in total. The highest BCUT2D eigenvalue weighted by atomic mass is 16.6. The second-order valence-corrected chi connectivity index (χ2v) is 24.2. The molecule has 0 bridgehead atoms. The molecule has 470 valence electrons. The van der Waals surface area contributed by atoms with Crippen molar-refractivity contribution in [3.63, 3.8) is 0 Å². The van der Waals surface area contributed by atoms with E-state index < -0.39 is 174 Å². The van der Waals surface area contributed by atoms with E-state index >= 15 is 0 Å². The third kappa shape index (κ3) is 26.2. The number of rotatable bonds is 35. The lowest BCUT2D eigenvalue weighted by Crippen LogP contribution is -2.55. The molecule has 8 N–H and O–H groups in total. The summed E-state index contributed by atoms with van der Waals surface area (Å²) in [5.41, 5.74) is 5.93. The average Bonchev–Trinajstić information content (AvgIpc) is 3.34. The van der Waals surface area contributed by atoms with Gasteiger partial charge in [0.15, 0.2) is 30.5 Å². The molecule has 12 atom stereocenters. The van der Waals surface area contributed by atoms with Crippen LogP contribution in [0.5, 0.6) is 0 Å². The van der Waals surface area contributed by atoms with Gasteiger partial charge in [-0.2, -0.15) is 0 Å². The fourth-order valence-corrected chi connectivity index (χ4v) is 7.53. The minimum Gasteiger partial charge on any atom is -0.478 e. The van der Waals surface area contributed by atoms with Gasteiger partial charge in [0.2, 0.25) is 6.10 Å². The van der Waals surface area contributed by atoms with Crippen molar-refractivity contribution in [2.45, 2.75) is 238 Å². The second-order valence-electron chi connectivity index (χ2n) is 24.2. The van der Waals surface area contributed by atoms with Gasteiger partial charge in [-0.1, -0.05) is 125 Å². The number of aliphatic carboxylic acids is 1. The molecule has 0 aliphatic carbocycles. The minimum atomic E-state index is -1.54. The van der Waals surface area contributed by atoms with Crippen LogP contribution < -0.4 is 32.3 Å². The zero-order valence-corrected chi connectivity index (χ0v) is 52.1. The summed E-state index contributed by atoms with van der Waals surface area (Å²) in [6, 6.07) is -7.86. The number of ether oxygens (including phenoxy) is 6. The van der Waals surface area contributed by atoms with Gasteiger partial charge in [0.25, 0.3) is 29.5 Å². The molecule has 82 heavy (non-hydrogen) atoms. The van der Waals surface area contributed by atoms with E-state index in [-0.39, 0.29) is 42.9 Å². The topological polar surface area (TPSA) is 367 Å². The number of nitrogens with one attached hydrogen (secondary N) is 5. The first kappa shape index (κ1) is 75.6. The van der Waals surface area contributed by atoms with Crippen LogP contribution in [-0.2, 0) is 86.0 Å². The second kappa shape index (κ2) is 35.6. The molecular weight excluding hydrogens is 1070 g/mol. The largest absolute Gasteiger partial charge is 0.478 e. The molecule has 0 rings (SSSR count). The Morgan fingerprint density at radius 3 is 0.793 bits per heavy atom. The van der Waals surface area contributed by atoms with Gasteiger partial charge in [-0.15, -0.1) is 0 Å². The van der Waals surface area contributed by atoms with Gasteiger partial charge >= 0.3 is 41.8 Å². The number of nitrogens with two attached hydrogens (primary N) is 1. The molecule has 0 spiro atoms. The highest BCUT2D eigenvalue weighted by Gasteiger charge is 2.40. The molecule has 0 saturated heterocycles. The van der Waals surface area contributed by atoms with E-state index in [1.165, 1.54) is 20.8 Å². The van der Waals surface area contributed by atoms with E-state index in [0.717, 1.165) is 0 Å². The summed E-state index contributed by atoms with van der Waals surface area (Å²) in [6.07, 6.45) is -8.68. The van der Waals surface area contributed by atoms with Gasteiger partial charge < -0.3 is 65.8 Å². The standard InChI is InChI=1S/C57H98N6O19/c1-25(2)22-37(77-55(74)40(58)28(7)8)46(64)59-34(19)52(71)80-43(31(13)14)49(67)62-41(29(9)10)56(75)78-38(23-26(3)4)47(65)60-35(20)53(72)81-44(32(15)16)50(68)63-42(30(11)12)57(76)79-39(24-27(5)6)48(66)61-36(21)54(73)82-45(33(17)18)51(69)70/h25-45H,22-24,58H2,1-21H3,(H,59,64)(H,60,65)(H,61,66)(H,62,67)(H,63,68)(H,69,70)/t34-,35-,36-,37-,38-,39-,40+,41+,42+,43+,44+,45+/m1/s1. The molecule has 0 aromatic carbocycles. The van der Waals surface area contributed by atoms with E-state index in [9.17, 15) is 62.6 Å². The van der Waals surface area contributed by atoms with Crippen LogP contribution >= 0.6 is 0 Å². The van der Waals surface area contributed by atoms with Crippen molar-refractivity contribution in [2.24, 2.45) is 59.0 Å². The van der Waals surface area contributed by atoms with Crippen molar-refractivity contribution >= 4 is 71.3 Å². The molecule has 0 aromatic rings. The summed E-state index contributed by atoms with van der Waals surface area (Å²) < 4.78 is 33.0. The van der Waals surface area contributed by atoms with Crippen LogP contribution in [0.25, 0.3) is 0 Å². The summed E-state index contributed by atoms with van der Waals surface area (Å²) in [4.78, 5) is 160. The zero-order chi connectivity index (χ0) is 64.0. The summed E-state index contributed by atoms with van der Waals surface area (Å²) in [7, 11) is 0. The van der Waals surface area contributed by atoms with Crippen LogP contribution in [-0.4, -0.2) is 149 Å². The number of carbonyl (C=O) groups is 12. The van der Waals surface area contributed by atoms with Crippen LogP contribution in [0.3, 0.4) is 0 Å². The Balaban J connectivity index is 6.21. The number of carbonyl (C=O) groups excluding carboxylic acids is 11. The molecule has 0 unspecified atom stereocenters. The summed E-state index contributed by atoms with van der Waals surface area (Å²) in [6.45, 7) is 33.7. The predicted octanol–water partition coefficient (Wildman–Crippen LogP) is 3.43. The number of carboxylic acids is 1. The summed E-state index contributed by atoms with van der Waals surface area (Å²) in [5.74, 6) is -15.8. The smallest absolute Gasteiger partial charge is 0.345 e. The van der Waals surface area contributed by atoms with Crippen molar-refractivity contribution < 1.29 is 91.1 Å². The molecule has 0 saturated carbocycles. The maximum Gasteiger partial charge on any atom is 0.345 e. The van der Waals surface area contributed by atoms with Crippen LogP contribution in [0.15, 0.2) is 0 Å². The fourth-order valence-electron chi connectivity index (χ4n) is 7.53. The molecule has 0 aromatic heterocycles. The van der Waals surface area contributed by atoms with Gasteiger partial charge in [-0.3, -0.25) is 28.8 Å². The molecule has 0 aliphatic rings. The van der Waals surface area contributed by atoms with E-state index in [1.807, 2.05) is 13.8 Å². The monoisotopic (exact) mass is 1170 g/mol. The summed E-state index contributed by atoms with van der Waals surface area (Å²) >= 11 is 0. The number of hydrogen-bond acceptors (Lipinski definition) is 19. The highest BCUT2D eigenvalue weighted by molar-refractivity contribution is 5.95. The Morgan fingerprint density at radius 1 is 0.317 bits per heavy atom. The number of amides is 5. The van der Waals surface area contributed by atoms with E-state index in [2.05, 4.69) is 26.6 Å². The van der Waals surface area contributed by atoms with Crippen LogP contribution in [0.2, 0.25) is 0 Å². The number of hydrogen-bond donors (Lipinski definition) is 7. The predicted molar refractivity (Wildman–Crippen MR) is 299 cm³/mol. The maximum absolute atomic E-state index is 13.9. The van der Waals surface area contributed by atoms with Gasteiger partial charge in [0.05, 0.1) is 0 Å². The Bertz CT molecular complexity index is 2180. The lowest BCUT2D eigenvalue weighted by Gasteiger charge is -2.29. The SMILES string of the molecule is CC(C)C[C@@H](OC(=O)[C@@H](N)C(C)C)C(=O)N[C@H](C)C(=O)O[C@H](C(=O)N[C@H](C(=O)O[C@H](CC(C)C)C(=O)N[C@H](C)C(=O)O[C@H](C(=O)N[C@H](C(=O)O[C@H](CC(C)C)C(=O)N[C@H](C)C(=O)O[C@H](C(=O)O)C(C)C)C(C)C)C(C)C)C(C)C)C(C)C. The molecule has 0 fully saturated rings. The normalized spacial score (nSPS) is 16.1. The molecule has 0 aliphatic heterocycles. The zero-order valence-electron chi connectivity index (χ0n) is 52.1. The number of esters is 6. The molecule has 25 heteroatoms. The first-order valence-corrected chi connectivity index (χ1v) is 28.4. The van der Waals surface area contributed by atoms with Crippen molar-refractivity contribution in [1.29, 1.82) is 0 Å². The van der Waals surface area contributed by atoms with Crippen molar-refractivity contribution in [1.82, 2.24) is 26.6 Å². The Morgan fingerprint density at radius 2 is 0.573 bits per heavy atom. The van der Waals surface area contributed by atoms with Gasteiger partial charge in [-0.25, -0.2) is 28.8 Å². The van der Waals surface area contributed by atoms with E-state index in [0.29, 0.717) is 0 Å². The Labute approximate surface area is 484 Å². The Hall–Kier alpha value is -6.40. The van der Waals surface area contributed by atoms with Gasteiger partial charge in [0, 0.05) is 5.92 Å². The van der Waals surface area contributed by atoms with Crippen LogP contribution in [0, 0.1) is 53.3 Å². The van der Waals surface area contributed by atoms with Crippen molar-refractivity contribution in [2.75, 3.05) is 0 Å². The van der Waals surface area contributed by atoms with Crippen molar-refractivity contribution in [3.8, 4) is 0 Å². The molecular formula is C57H98N6O19. The van der Waals surface area contributed by atoms with Gasteiger partial charge in [-0.05, 0) is 87.4 Å². The minimum absolute atomic E-state index is 0.00937. The van der Waals surface area contributed by atoms with Gasteiger partial charge in [0.1, 0.15) is 36.3 Å². The lowest BCUT2D eigenvalue weighted by atomic mass is 10.0. The average molecular weight is 1170 g/mol. The third-order valence-electron chi connectivity index (χ3n) is 12.6. The molecule has 0 radical (unpaired) electrons. The first-order chi connectivity index (χ1) is 37.6.